The number of allylic oxidation sites excluding steroid dienone is 1. The topological polar surface area (TPSA) is 68.3 Å². The van der Waals surface area contributed by atoms with E-state index in [4.69, 9.17) is 13.9 Å². The van der Waals surface area contributed by atoms with Gasteiger partial charge in [-0.3, -0.25) is 0 Å². The lowest BCUT2D eigenvalue weighted by atomic mass is 10.1. The van der Waals surface area contributed by atoms with Gasteiger partial charge in [0.25, 0.3) is 0 Å². The maximum Gasteiger partial charge on any atom is 0.231 e. The van der Waals surface area contributed by atoms with Crippen LogP contribution in [0.1, 0.15) is 10.8 Å². The van der Waals surface area contributed by atoms with Crippen molar-refractivity contribution in [3.8, 4) is 28.8 Å². The Hall–Kier alpha value is -3.04. The molecular weight excluding hydrogens is 312 g/mol. The molecule has 0 N–H and O–H groups in total. The molecule has 112 valence electrons. The number of ether oxygens (including phenoxy) is 2. The number of hydrogen-bond acceptors (Lipinski definition) is 6. The van der Waals surface area contributed by atoms with Crippen LogP contribution in [0.4, 0.5) is 0 Å². The molecule has 0 aliphatic carbocycles. The molecule has 23 heavy (non-hydrogen) atoms. The van der Waals surface area contributed by atoms with Gasteiger partial charge in [-0.05, 0) is 30.3 Å². The molecule has 5 nitrogen and oxygen atoms in total. The molecule has 4 rings (SSSR count). The molecule has 0 spiro atoms. The van der Waals surface area contributed by atoms with E-state index < -0.39 is 0 Å². The molecule has 1 aromatic carbocycles. The van der Waals surface area contributed by atoms with Crippen LogP contribution in [0.15, 0.2) is 46.4 Å². The zero-order valence-corrected chi connectivity index (χ0v) is 12.7. The summed E-state index contributed by atoms with van der Waals surface area (Å²) in [6.45, 7) is 0.242. The number of fused-ring (bicyclic) bond motifs is 1. The number of nitrogens with zero attached hydrogens (tertiary/aromatic N) is 2. The van der Waals surface area contributed by atoms with Crippen LogP contribution in [0.5, 0.6) is 11.5 Å². The zero-order chi connectivity index (χ0) is 15.6. The van der Waals surface area contributed by atoms with Crippen LogP contribution in [-0.4, -0.2) is 11.8 Å². The van der Waals surface area contributed by atoms with Crippen molar-refractivity contribution in [2.24, 2.45) is 0 Å². The van der Waals surface area contributed by atoms with Crippen molar-refractivity contribution in [1.82, 2.24) is 4.98 Å². The highest BCUT2D eigenvalue weighted by Gasteiger charge is 2.16. The molecule has 0 bridgehead atoms. The van der Waals surface area contributed by atoms with E-state index in [-0.39, 0.29) is 6.79 Å². The second kappa shape index (κ2) is 5.63. The van der Waals surface area contributed by atoms with Crippen molar-refractivity contribution < 1.29 is 13.9 Å². The van der Waals surface area contributed by atoms with Gasteiger partial charge in [0.15, 0.2) is 11.5 Å². The molecule has 3 heterocycles. The van der Waals surface area contributed by atoms with E-state index >= 15 is 0 Å². The lowest BCUT2D eigenvalue weighted by molar-refractivity contribution is 0.174. The monoisotopic (exact) mass is 322 g/mol. The van der Waals surface area contributed by atoms with E-state index in [1.54, 1.807) is 24.5 Å². The van der Waals surface area contributed by atoms with E-state index in [1.165, 1.54) is 11.3 Å². The summed E-state index contributed by atoms with van der Waals surface area (Å²) in [5.74, 6) is 2.07. The van der Waals surface area contributed by atoms with Gasteiger partial charge in [-0.15, -0.1) is 11.3 Å². The van der Waals surface area contributed by atoms with Crippen molar-refractivity contribution in [1.29, 1.82) is 5.26 Å². The lowest BCUT2D eigenvalue weighted by Gasteiger charge is -1.99. The molecule has 6 heteroatoms. The first kappa shape index (κ1) is 13.6. The fraction of sp³-hybridized carbons (Fsp3) is 0.0588. The molecular formula is C17H10N2O3S. The Bertz CT molecular complexity index is 920. The Balaban J connectivity index is 1.68. The Morgan fingerprint density at radius 3 is 3.00 bits per heavy atom. The van der Waals surface area contributed by atoms with E-state index in [2.05, 4.69) is 11.1 Å². The van der Waals surface area contributed by atoms with E-state index in [0.717, 1.165) is 17.0 Å². The third-order valence-electron chi connectivity index (χ3n) is 3.35. The van der Waals surface area contributed by atoms with Gasteiger partial charge >= 0.3 is 0 Å². The number of aromatic nitrogens is 1. The molecule has 0 saturated heterocycles. The standard InChI is InChI=1S/C17H10N2O3S/c18-8-12(6-13-2-1-5-20-13)17-19-14(9-23-17)11-3-4-15-16(7-11)22-10-21-15/h1-7,9H,10H2/b12-6-. The predicted molar refractivity (Wildman–Crippen MR) is 85.9 cm³/mol. The van der Waals surface area contributed by atoms with Gasteiger partial charge in [0.2, 0.25) is 6.79 Å². The number of rotatable bonds is 3. The van der Waals surface area contributed by atoms with Gasteiger partial charge in [-0.2, -0.15) is 5.26 Å². The summed E-state index contributed by atoms with van der Waals surface area (Å²) in [6, 6.07) is 11.4. The van der Waals surface area contributed by atoms with Gasteiger partial charge in [-0.25, -0.2) is 4.98 Å². The Labute approximate surface area is 136 Å². The highest BCUT2D eigenvalue weighted by atomic mass is 32.1. The van der Waals surface area contributed by atoms with Crippen LogP contribution in [0.2, 0.25) is 0 Å². The van der Waals surface area contributed by atoms with Crippen LogP contribution >= 0.6 is 11.3 Å². The molecule has 0 saturated carbocycles. The zero-order valence-electron chi connectivity index (χ0n) is 11.9. The van der Waals surface area contributed by atoms with Crippen molar-refractivity contribution in [3.63, 3.8) is 0 Å². The number of hydrogen-bond donors (Lipinski definition) is 0. The second-order valence-corrected chi connectivity index (χ2v) is 5.65. The fourth-order valence-corrected chi connectivity index (χ4v) is 3.04. The normalized spacial score (nSPS) is 13.1. The minimum absolute atomic E-state index is 0.242. The van der Waals surface area contributed by atoms with Crippen molar-refractivity contribution in [2.75, 3.05) is 6.79 Å². The minimum atomic E-state index is 0.242. The van der Waals surface area contributed by atoms with Crippen LogP contribution in [0.25, 0.3) is 22.9 Å². The summed E-state index contributed by atoms with van der Waals surface area (Å²) >= 11 is 1.42. The maximum absolute atomic E-state index is 9.36. The molecule has 0 amide bonds. The molecule has 3 aromatic rings. The van der Waals surface area contributed by atoms with Gasteiger partial charge < -0.3 is 13.9 Å². The maximum atomic E-state index is 9.36. The Kier molecular flexibility index (Phi) is 3.33. The quantitative estimate of drug-likeness (QED) is 0.676. The molecule has 2 aromatic heterocycles. The van der Waals surface area contributed by atoms with Gasteiger partial charge in [-0.1, -0.05) is 0 Å². The summed E-state index contributed by atoms with van der Waals surface area (Å²) in [5.41, 5.74) is 2.19. The average Bonchev–Trinajstić information content (AvgIpc) is 3.31. The summed E-state index contributed by atoms with van der Waals surface area (Å²) < 4.78 is 15.9. The first-order valence-electron chi connectivity index (χ1n) is 6.85. The number of thiazole rings is 1. The van der Waals surface area contributed by atoms with Crippen LogP contribution in [-0.2, 0) is 0 Å². The fourth-order valence-electron chi connectivity index (χ4n) is 2.24. The molecule has 0 atom stereocenters. The average molecular weight is 322 g/mol. The van der Waals surface area contributed by atoms with E-state index in [1.807, 2.05) is 23.6 Å². The predicted octanol–water partition coefficient (Wildman–Crippen LogP) is 4.20. The molecule has 1 aliphatic heterocycles. The van der Waals surface area contributed by atoms with Crippen LogP contribution in [0, 0.1) is 11.3 Å². The first-order chi connectivity index (χ1) is 11.3. The number of nitriles is 1. The highest BCUT2D eigenvalue weighted by Crippen LogP contribution is 2.36. The summed E-state index contributed by atoms with van der Waals surface area (Å²) in [5, 5.41) is 11.9. The van der Waals surface area contributed by atoms with E-state index in [9.17, 15) is 5.26 Å². The van der Waals surface area contributed by atoms with Gasteiger partial charge in [0.1, 0.15) is 16.8 Å². The number of benzene rings is 1. The first-order valence-corrected chi connectivity index (χ1v) is 7.73. The summed E-state index contributed by atoms with van der Waals surface area (Å²) in [7, 11) is 0. The summed E-state index contributed by atoms with van der Waals surface area (Å²) in [4.78, 5) is 4.55. The lowest BCUT2D eigenvalue weighted by Crippen LogP contribution is -1.92. The van der Waals surface area contributed by atoms with Crippen LogP contribution < -0.4 is 9.47 Å². The van der Waals surface area contributed by atoms with E-state index in [0.29, 0.717) is 22.1 Å². The van der Waals surface area contributed by atoms with Gasteiger partial charge in [0, 0.05) is 17.0 Å². The molecule has 1 aliphatic rings. The highest BCUT2D eigenvalue weighted by molar-refractivity contribution is 7.11. The largest absolute Gasteiger partial charge is 0.465 e. The second-order valence-electron chi connectivity index (χ2n) is 4.79. The minimum Gasteiger partial charge on any atom is -0.465 e. The van der Waals surface area contributed by atoms with Crippen LogP contribution in [0.3, 0.4) is 0 Å². The van der Waals surface area contributed by atoms with Crippen molar-refractivity contribution in [3.05, 3.63) is 52.7 Å². The molecule has 0 radical (unpaired) electrons. The Morgan fingerprint density at radius 1 is 1.26 bits per heavy atom. The number of furan rings is 1. The van der Waals surface area contributed by atoms with Crippen molar-refractivity contribution >= 4 is 23.0 Å². The third kappa shape index (κ3) is 2.58. The summed E-state index contributed by atoms with van der Waals surface area (Å²) in [6.07, 6.45) is 3.25. The van der Waals surface area contributed by atoms with Gasteiger partial charge in [0.05, 0.1) is 17.5 Å². The van der Waals surface area contributed by atoms with Crippen molar-refractivity contribution in [2.45, 2.75) is 0 Å². The molecule has 0 fully saturated rings. The smallest absolute Gasteiger partial charge is 0.231 e. The third-order valence-corrected chi connectivity index (χ3v) is 4.23. The SMILES string of the molecule is N#C/C(=C/c1ccco1)c1nc(-c2ccc3c(c2)OCO3)cs1. The molecule has 0 unspecified atom stereocenters. The Morgan fingerprint density at radius 2 is 2.17 bits per heavy atom.